The van der Waals surface area contributed by atoms with Crippen LogP contribution in [0.3, 0.4) is 0 Å². The van der Waals surface area contributed by atoms with Gasteiger partial charge in [0.15, 0.2) is 0 Å². The van der Waals surface area contributed by atoms with E-state index < -0.39 is 5.60 Å². The van der Waals surface area contributed by atoms with Crippen molar-refractivity contribution in [1.82, 2.24) is 14.7 Å². The number of hydrogen-bond donors (Lipinski definition) is 1. The van der Waals surface area contributed by atoms with Crippen molar-refractivity contribution < 1.29 is 9.90 Å². The average Bonchev–Trinajstić information content (AvgIpc) is 3.12. The van der Waals surface area contributed by atoms with E-state index in [4.69, 9.17) is 0 Å². The van der Waals surface area contributed by atoms with Gasteiger partial charge in [-0.25, -0.2) is 0 Å². The fourth-order valence-corrected chi connectivity index (χ4v) is 4.54. The van der Waals surface area contributed by atoms with Crippen LogP contribution in [-0.4, -0.2) is 83.2 Å². The molecule has 3 fully saturated rings. The maximum absolute atomic E-state index is 12.6. The Morgan fingerprint density at radius 3 is 2.25 bits per heavy atom. The zero-order chi connectivity index (χ0) is 17.2. The summed E-state index contributed by atoms with van der Waals surface area (Å²) >= 11 is 0. The Labute approximate surface area is 147 Å². The van der Waals surface area contributed by atoms with Gasteiger partial charge in [0.2, 0.25) is 5.91 Å². The summed E-state index contributed by atoms with van der Waals surface area (Å²) < 4.78 is 0. The van der Waals surface area contributed by atoms with Crippen LogP contribution < -0.4 is 0 Å². The number of β-amino-alcohol motifs (C(OH)–C–C–N with tert-alkyl or cyclic N) is 1. The Bertz CT molecular complexity index is 420. The predicted octanol–water partition coefficient (Wildman–Crippen LogP) is 1.56. The molecular weight excluding hydrogens is 302 g/mol. The molecule has 0 spiro atoms. The normalized spacial score (nSPS) is 34.5. The number of nitrogens with zero attached hydrogens (tertiary/aromatic N) is 3. The molecule has 3 aliphatic rings. The molecule has 1 N–H and O–H groups in total. The minimum atomic E-state index is -0.480. The Hall–Kier alpha value is -0.650. The van der Waals surface area contributed by atoms with Crippen LogP contribution in [0.2, 0.25) is 0 Å². The summed E-state index contributed by atoms with van der Waals surface area (Å²) in [5.41, 5.74) is -0.480. The Morgan fingerprint density at radius 2 is 1.67 bits per heavy atom. The van der Waals surface area contributed by atoms with Crippen molar-refractivity contribution in [1.29, 1.82) is 0 Å². The second kappa shape index (κ2) is 7.71. The maximum Gasteiger partial charge on any atom is 0.239 e. The number of carbonyl (C=O) groups is 1. The average molecular weight is 338 g/mol. The molecule has 1 unspecified atom stereocenters. The van der Waals surface area contributed by atoms with Crippen LogP contribution >= 0.6 is 0 Å². The summed E-state index contributed by atoms with van der Waals surface area (Å²) in [5.74, 6) is 1.07. The van der Waals surface area contributed by atoms with Gasteiger partial charge in [-0.1, -0.05) is 6.92 Å². The van der Waals surface area contributed by atoms with Gasteiger partial charge in [0, 0.05) is 45.8 Å². The van der Waals surface area contributed by atoms with Gasteiger partial charge in [-0.05, 0) is 51.4 Å². The van der Waals surface area contributed by atoms with Crippen molar-refractivity contribution in [3.8, 4) is 0 Å². The van der Waals surface area contributed by atoms with Crippen LogP contribution in [-0.2, 0) is 4.79 Å². The lowest BCUT2D eigenvalue weighted by atomic mass is 9.79. The van der Waals surface area contributed by atoms with Gasteiger partial charge in [0.1, 0.15) is 0 Å². The lowest BCUT2D eigenvalue weighted by Crippen LogP contribution is -2.56. The third kappa shape index (κ3) is 4.30. The Balaban J connectivity index is 1.44. The minimum absolute atomic E-state index is 0.00358. The molecule has 0 aromatic heterocycles. The molecule has 2 saturated heterocycles. The van der Waals surface area contributed by atoms with Crippen molar-refractivity contribution in [2.24, 2.45) is 5.92 Å². The SMILES string of the molecule is CC1CCC(O)(CN2CCN(C(C)C(=O)N3CCCC3)CC2)CC1. The standard InChI is InChI=1S/C19H35N3O2/c1-16-5-7-19(24,8-6-16)15-20-11-13-21(14-12-20)17(2)18(23)22-9-3-4-10-22/h16-17,24H,3-15H2,1-2H3. The summed E-state index contributed by atoms with van der Waals surface area (Å²) in [6, 6.07) is 0.00358. The zero-order valence-corrected chi connectivity index (χ0v) is 15.5. The van der Waals surface area contributed by atoms with Crippen molar-refractivity contribution in [2.45, 2.75) is 64.0 Å². The van der Waals surface area contributed by atoms with Crippen LogP contribution in [0.1, 0.15) is 52.4 Å². The first-order valence-electron chi connectivity index (χ1n) is 9.94. The van der Waals surface area contributed by atoms with Gasteiger partial charge in [0.05, 0.1) is 11.6 Å². The predicted molar refractivity (Wildman–Crippen MR) is 95.9 cm³/mol. The Morgan fingerprint density at radius 1 is 1.08 bits per heavy atom. The second-order valence-corrected chi connectivity index (χ2v) is 8.43. The molecule has 0 bridgehead atoms. The molecule has 24 heavy (non-hydrogen) atoms. The highest BCUT2D eigenvalue weighted by atomic mass is 16.3. The van der Waals surface area contributed by atoms with Crippen molar-refractivity contribution in [3.63, 3.8) is 0 Å². The van der Waals surface area contributed by atoms with E-state index in [9.17, 15) is 9.90 Å². The van der Waals surface area contributed by atoms with Crippen LogP contribution in [0.25, 0.3) is 0 Å². The van der Waals surface area contributed by atoms with E-state index in [0.717, 1.165) is 90.3 Å². The molecular formula is C19H35N3O2. The Kier molecular flexibility index (Phi) is 5.83. The van der Waals surface area contributed by atoms with E-state index in [1.807, 2.05) is 4.90 Å². The third-order valence-electron chi connectivity index (χ3n) is 6.45. The van der Waals surface area contributed by atoms with Crippen molar-refractivity contribution in [2.75, 3.05) is 45.8 Å². The number of hydrogen-bond acceptors (Lipinski definition) is 4. The molecule has 3 rings (SSSR count). The number of likely N-dealkylation sites (tertiary alicyclic amines) is 1. The zero-order valence-electron chi connectivity index (χ0n) is 15.5. The molecule has 1 aliphatic carbocycles. The molecule has 5 nitrogen and oxygen atoms in total. The number of rotatable bonds is 4. The summed E-state index contributed by atoms with van der Waals surface area (Å²) in [5, 5.41) is 10.8. The monoisotopic (exact) mass is 337 g/mol. The van der Waals surface area contributed by atoms with E-state index in [2.05, 4.69) is 23.6 Å². The highest BCUT2D eigenvalue weighted by Gasteiger charge is 2.35. The molecule has 5 heteroatoms. The van der Waals surface area contributed by atoms with E-state index >= 15 is 0 Å². The van der Waals surface area contributed by atoms with Gasteiger partial charge in [-0.15, -0.1) is 0 Å². The highest BCUT2D eigenvalue weighted by Crippen LogP contribution is 2.32. The van der Waals surface area contributed by atoms with Crippen LogP contribution in [0.4, 0.5) is 0 Å². The first-order chi connectivity index (χ1) is 11.5. The highest BCUT2D eigenvalue weighted by molar-refractivity contribution is 5.81. The topological polar surface area (TPSA) is 47.0 Å². The summed E-state index contributed by atoms with van der Waals surface area (Å²) in [7, 11) is 0. The van der Waals surface area contributed by atoms with Gasteiger partial charge >= 0.3 is 0 Å². The van der Waals surface area contributed by atoms with Gasteiger partial charge < -0.3 is 10.0 Å². The van der Waals surface area contributed by atoms with Gasteiger partial charge in [0.25, 0.3) is 0 Å². The van der Waals surface area contributed by atoms with Crippen molar-refractivity contribution in [3.05, 3.63) is 0 Å². The molecule has 1 amide bonds. The first-order valence-corrected chi connectivity index (χ1v) is 9.94. The molecule has 0 aromatic rings. The number of aliphatic hydroxyl groups is 1. The van der Waals surface area contributed by atoms with Crippen LogP contribution in [0.15, 0.2) is 0 Å². The summed E-state index contributed by atoms with van der Waals surface area (Å²) in [6.45, 7) is 10.8. The van der Waals surface area contributed by atoms with E-state index in [0.29, 0.717) is 5.91 Å². The molecule has 2 aliphatic heterocycles. The van der Waals surface area contributed by atoms with E-state index in [-0.39, 0.29) is 6.04 Å². The molecule has 138 valence electrons. The van der Waals surface area contributed by atoms with Crippen LogP contribution in [0.5, 0.6) is 0 Å². The summed E-state index contributed by atoms with van der Waals surface area (Å²) in [4.78, 5) is 19.3. The molecule has 0 aromatic carbocycles. The molecule has 1 saturated carbocycles. The smallest absolute Gasteiger partial charge is 0.239 e. The van der Waals surface area contributed by atoms with Crippen molar-refractivity contribution >= 4 is 5.91 Å². The lowest BCUT2D eigenvalue weighted by molar-refractivity contribution is -0.136. The molecule has 0 radical (unpaired) electrons. The first kappa shape index (κ1) is 18.2. The maximum atomic E-state index is 12.6. The van der Waals surface area contributed by atoms with Gasteiger partial charge in [-0.3, -0.25) is 14.6 Å². The third-order valence-corrected chi connectivity index (χ3v) is 6.45. The quantitative estimate of drug-likeness (QED) is 0.846. The number of carbonyl (C=O) groups excluding carboxylic acids is 1. The fraction of sp³-hybridized carbons (Fsp3) is 0.947. The second-order valence-electron chi connectivity index (χ2n) is 8.43. The summed E-state index contributed by atoms with van der Waals surface area (Å²) in [6.07, 6.45) is 6.50. The molecule has 2 heterocycles. The largest absolute Gasteiger partial charge is 0.389 e. The minimum Gasteiger partial charge on any atom is -0.389 e. The van der Waals surface area contributed by atoms with Gasteiger partial charge in [-0.2, -0.15) is 0 Å². The number of piperazine rings is 1. The van der Waals surface area contributed by atoms with E-state index in [1.165, 1.54) is 0 Å². The number of amides is 1. The van der Waals surface area contributed by atoms with Crippen LogP contribution in [0, 0.1) is 5.92 Å². The molecule has 1 atom stereocenters. The van der Waals surface area contributed by atoms with E-state index in [1.54, 1.807) is 0 Å². The lowest BCUT2D eigenvalue weighted by Gasteiger charge is -2.43. The fourth-order valence-electron chi connectivity index (χ4n) is 4.54.